The van der Waals surface area contributed by atoms with Gasteiger partial charge in [0.15, 0.2) is 6.61 Å². The van der Waals surface area contributed by atoms with Gasteiger partial charge in [0.1, 0.15) is 0 Å². The Morgan fingerprint density at radius 3 is 2.39 bits per heavy atom. The van der Waals surface area contributed by atoms with Crippen LogP contribution in [0.5, 0.6) is 0 Å². The van der Waals surface area contributed by atoms with Crippen molar-refractivity contribution >= 4 is 6.09 Å². The molecule has 212 valence electrons. The molecule has 0 heterocycles. The second-order valence-electron chi connectivity index (χ2n) is 15.6. The molecule has 0 aromatic heterocycles. The Bertz CT molecular complexity index is 1010. The third-order valence-corrected chi connectivity index (χ3v) is 14.1. The summed E-state index contributed by atoms with van der Waals surface area (Å²) in [7, 11) is 0. The maximum absolute atomic E-state index is 12.4. The van der Waals surface area contributed by atoms with Gasteiger partial charge in [-0.1, -0.05) is 52.7 Å². The van der Waals surface area contributed by atoms with Gasteiger partial charge in [0.2, 0.25) is 0 Å². The second kappa shape index (κ2) is 9.29. The molecule has 2 N–H and O–H groups in total. The zero-order valence-electron chi connectivity index (χ0n) is 25.0. The standard InChI is InChI=1S/C34H53NO3/c1-9-20-38-29(37)35-21-34-17-12-23(22(2)3)28(34)24-10-11-26-31(6)15-14-27(36)30(4,5)25(31)13-16-33(26,8)32(24,7)18-19-34/h1,23-28,36H,2,10-21H2,3-8H3,(H,35,37)/t23-,24+,25-,26+,27-,28+,31-,32+,33+,34+/m0/s1. The Kier molecular flexibility index (Phi) is 6.86. The summed E-state index contributed by atoms with van der Waals surface area (Å²) in [6.45, 7) is 20.0. The van der Waals surface area contributed by atoms with Gasteiger partial charge in [-0.3, -0.25) is 0 Å². The number of allylic oxidation sites excluding steroid dienone is 1. The van der Waals surface area contributed by atoms with E-state index in [9.17, 15) is 9.90 Å². The number of rotatable bonds is 4. The smallest absolute Gasteiger partial charge is 0.408 e. The maximum Gasteiger partial charge on any atom is 0.408 e. The van der Waals surface area contributed by atoms with Crippen LogP contribution in [0.4, 0.5) is 4.79 Å². The third kappa shape index (κ3) is 3.77. The topological polar surface area (TPSA) is 58.6 Å². The lowest BCUT2D eigenvalue weighted by atomic mass is 9.32. The van der Waals surface area contributed by atoms with E-state index in [0.29, 0.717) is 47.0 Å². The highest BCUT2D eigenvalue weighted by Crippen LogP contribution is 2.77. The summed E-state index contributed by atoms with van der Waals surface area (Å²) in [6, 6.07) is 0. The number of ether oxygens (including phenoxy) is 1. The molecule has 38 heavy (non-hydrogen) atoms. The SMILES string of the molecule is C#CCOC(=O)NC[C@]12CC[C@@H](C(=C)C)[C@@H]1[C@H]1CC[C@@H]3[C@@]4(C)CC[C@H](O)C(C)(C)[C@@H]4CC[C@@]3(C)[C@]1(C)CC2. The molecule has 5 fully saturated rings. The number of hydrogen-bond acceptors (Lipinski definition) is 3. The molecule has 0 bridgehead atoms. The number of carbonyl (C=O) groups is 1. The van der Waals surface area contributed by atoms with Gasteiger partial charge in [0, 0.05) is 6.54 Å². The van der Waals surface area contributed by atoms with Crippen LogP contribution in [0.2, 0.25) is 0 Å². The fourth-order valence-electron chi connectivity index (χ4n) is 12.0. The van der Waals surface area contributed by atoms with E-state index in [1.54, 1.807) is 0 Å². The van der Waals surface area contributed by atoms with Crippen LogP contribution in [0.3, 0.4) is 0 Å². The zero-order chi connectivity index (χ0) is 27.7. The molecule has 0 aromatic carbocycles. The van der Waals surface area contributed by atoms with E-state index in [2.05, 4.69) is 59.4 Å². The number of amides is 1. The summed E-state index contributed by atoms with van der Waals surface area (Å²) >= 11 is 0. The predicted octanol–water partition coefficient (Wildman–Crippen LogP) is 7.36. The fraction of sp³-hybridized carbons (Fsp3) is 0.853. The molecular formula is C34H53NO3. The van der Waals surface area contributed by atoms with E-state index < -0.39 is 0 Å². The Morgan fingerprint density at radius 2 is 1.71 bits per heavy atom. The second-order valence-corrected chi connectivity index (χ2v) is 15.6. The first kappa shape index (κ1) is 28.1. The van der Waals surface area contributed by atoms with Crippen LogP contribution in [-0.4, -0.2) is 30.5 Å². The summed E-state index contributed by atoms with van der Waals surface area (Å²) in [5, 5.41) is 14.1. The number of terminal acetylenes is 1. The zero-order valence-corrected chi connectivity index (χ0v) is 25.0. The lowest BCUT2D eigenvalue weighted by Gasteiger charge is -2.73. The third-order valence-electron chi connectivity index (χ3n) is 14.1. The minimum Gasteiger partial charge on any atom is -0.436 e. The maximum atomic E-state index is 12.4. The monoisotopic (exact) mass is 523 g/mol. The van der Waals surface area contributed by atoms with E-state index in [4.69, 9.17) is 11.2 Å². The Balaban J connectivity index is 1.47. The van der Waals surface area contributed by atoms with E-state index >= 15 is 0 Å². The largest absolute Gasteiger partial charge is 0.436 e. The first-order valence-electron chi connectivity index (χ1n) is 15.4. The van der Waals surface area contributed by atoms with E-state index in [-0.39, 0.29) is 35.0 Å². The number of alkyl carbamates (subject to hydrolysis) is 1. The number of fused-ring (bicyclic) bond motifs is 7. The summed E-state index contributed by atoms with van der Waals surface area (Å²) in [6.07, 6.45) is 16.7. The molecule has 0 unspecified atom stereocenters. The lowest BCUT2D eigenvalue weighted by Crippen LogP contribution is -2.67. The average Bonchev–Trinajstić information content (AvgIpc) is 3.25. The van der Waals surface area contributed by atoms with Crippen molar-refractivity contribution < 1.29 is 14.6 Å². The van der Waals surface area contributed by atoms with Crippen LogP contribution >= 0.6 is 0 Å². The van der Waals surface area contributed by atoms with E-state index in [1.807, 2.05) is 0 Å². The molecule has 0 spiro atoms. The molecule has 5 saturated carbocycles. The molecule has 0 saturated heterocycles. The molecule has 0 aromatic rings. The van der Waals surface area contributed by atoms with Gasteiger partial charge in [-0.25, -0.2) is 4.79 Å². The molecule has 10 atom stereocenters. The van der Waals surface area contributed by atoms with Crippen molar-refractivity contribution in [2.75, 3.05) is 13.2 Å². The molecule has 5 aliphatic carbocycles. The van der Waals surface area contributed by atoms with Gasteiger partial charge in [-0.2, -0.15) is 0 Å². The number of aliphatic hydroxyl groups is 1. The number of hydrogen-bond donors (Lipinski definition) is 2. The molecule has 5 aliphatic rings. The normalized spacial score (nSPS) is 48.9. The van der Waals surface area contributed by atoms with Gasteiger partial charge in [0.25, 0.3) is 0 Å². The number of carbonyl (C=O) groups excluding carboxylic acids is 1. The highest BCUT2D eigenvalue weighted by molar-refractivity contribution is 5.67. The fourth-order valence-corrected chi connectivity index (χ4v) is 12.0. The van der Waals surface area contributed by atoms with Crippen molar-refractivity contribution in [2.45, 2.75) is 112 Å². The Hall–Kier alpha value is -1.47. The van der Waals surface area contributed by atoms with Crippen molar-refractivity contribution in [2.24, 2.45) is 56.7 Å². The first-order valence-corrected chi connectivity index (χ1v) is 15.4. The van der Waals surface area contributed by atoms with Crippen molar-refractivity contribution in [3.63, 3.8) is 0 Å². The summed E-state index contributed by atoms with van der Waals surface area (Å²) in [5.41, 5.74) is 2.30. The van der Waals surface area contributed by atoms with Crippen LogP contribution in [-0.2, 0) is 4.74 Å². The van der Waals surface area contributed by atoms with Crippen molar-refractivity contribution in [1.29, 1.82) is 0 Å². The molecule has 1 amide bonds. The molecule has 0 aliphatic heterocycles. The van der Waals surface area contributed by atoms with Gasteiger partial charge >= 0.3 is 6.09 Å². The van der Waals surface area contributed by atoms with Gasteiger partial charge in [-0.05, 0) is 128 Å². The highest BCUT2D eigenvalue weighted by Gasteiger charge is 2.70. The van der Waals surface area contributed by atoms with E-state index in [1.165, 1.54) is 44.1 Å². The molecule has 4 heteroatoms. The van der Waals surface area contributed by atoms with Crippen LogP contribution in [0.1, 0.15) is 106 Å². The quantitative estimate of drug-likeness (QED) is 0.299. The minimum atomic E-state index is -0.382. The van der Waals surface area contributed by atoms with Gasteiger partial charge in [-0.15, -0.1) is 6.42 Å². The lowest BCUT2D eigenvalue weighted by molar-refractivity contribution is -0.247. The summed E-state index contributed by atoms with van der Waals surface area (Å²) < 4.78 is 5.18. The Morgan fingerprint density at radius 1 is 0.974 bits per heavy atom. The Labute approximate surface area is 232 Å². The predicted molar refractivity (Wildman–Crippen MR) is 153 cm³/mol. The van der Waals surface area contributed by atoms with Crippen LogP contribution in [0.15, 0.2) is 12.2 Å². The van der Waals surface area contributed by atoms with Crippen LogP contribution < -0.4 is 5.32 Å². The van der Waals surface area contributed by atoms with Crippen LogP contribution in [0.25, 0.3) is 0 Å². The summed E-state index contributed by atoms with van der Waals surface area (Å²) in [4.78, 5) is 12.4. The van der Waals surface area contributed by atoms with E-state index in [0.717, 1.165) is 25.7 Å². The highest BCUT2D eigenvalue weighted by atomic mass is 16.5. The average molecular weight is 524 g/mol. The minimum absolute atomic E-state index is 0.00992. The molecule has 5 rings (SSSR count). The molecule has 0 radical (unpaired) electrons. The number of aliphatic hydroxyl groups excluding tert-OH is 1. The van der Waals surface area contributed by atoms with Crippen LogP contribution in [0, 0.1) is 69.0 Å². The molecular weight excluding hydrogens is 470 g/mol. The molecule has 4 nitrogen and oxygen atoms in total. The van der Waals surface area contributed by atoms with Crippen molar-refractivity contribution in [3.8, 4) is 12.3 Å². The van der Waals surface area contributed by atoms with Crippen molar-refractivity contribution in [1.82, 2.24) is 5.32 Å². The first-order chi connectivity index (χ1) is 17.8. The van der Waals surface area contributed by atoms with Crippen molar-refractivity contribution in [3.05, 3.63) is 12.2 Å². The van der Waals surface area contributed by atoms with Gasteiger partial charge in [0.05, 0.1) is 6.10 Å². The number of nitrogens with one attached hydrogen (secondary N) is 1. The van der Waals surface area contributed by atoms with Gasteiger partial charge < -0.3 is 15.2 Å². The summed E-state index contributed by atoms with van der Waals surface area (Å²) in [5.74, 6) is 5.42.